The number of amides is 2. The Bertz CT molecular complexity index is 976. The molecule has 0 spiro atoms. The molecule has 7 nitrogen and oxygen atoms in total. The van der Waals surface area contributed by atoms with Crippen LogP contribution in [0, 0.1) is 6.92 Å². The number of hydrogen-bond donors (Lipinski definition) is 1. The number of rotatable bonds is 7. The van der Waals surface area contributed by atoms with Gasteiger partial charge in [0.1, 0.15) is 0 Å². The Morgan fingerprint density at radius 2 is 1.69 bits per heavy atom. The number of aryl methyl sites for hydroxylation is 2. The van der Waals surface area contributed by atoms with Crippen LogP contribution in [0.2, 0.25) is 0 Å². The van der Waals surface area contributed by atoms with Crippen LogP contribution in [-0.2, 0) is 17.8 Å². The van der Waals surface area contributed by atoms with E-state index in [0.29, 0.717) is 30.3 Å². The molecule has 150 valence electrons. The summed E-state index contributed by atoms with van der Waals surface area (Å²) >= 11 is 0. The van der Waals surface area contributed by atoms with Gasteiger partial charge in [0, 0.05) is 44.6 Å². The van der Waals surface area contributed by atoms with E-state index in [0.717, 1.165) is 16.7 Å². The lowest BCUT2D eigenvalue weighted by Crippen LogP contribution is -2.23. The normalized spacial score (nSPS) is 10.6. The molecule has 7 heteroatoms. The highest BCUT2D eigenvalue weighted by Gasteiger charge is 2.11. The van der Waals surface area contributed by atoms with E-state index in [1.165, 1.54) is 4.90 Å². The number of nitrogens with one attached hydrogen (secondary N) is 1. The van der Waals surface area contributed by atoms with Crippen LogP contribution in [0.5, 0.6) is 0 Å². The van der Waals surface area contributed by atoms with Gasteiger partial charge in [0.15, 0.2) is 0 Å². The molecule has 1 N–H and O–H groups in total. The van der Waals surface area contributed by atoms with Crippen molar-refractivity contribution in [2.24, 2.45) is 0 Å². The Labute approximate surface area is 169 Å². The minimum atomic E-state index is -0.103. The van der Waals surface area contributed by atoms with Gasteiger partial charge in [-0.1, -0.05) is 29.8 Å². The molecule has 3 aromatic rings. The Kier molecular flexibility index (Phi) is 6.39. The van der Waals surface area contributed by atoms with Crippen LogP contribution < -0.4 is 5.32 Å². The van der Waals surface area contributed by atoms with Crippen molar-refractivity contribution in [2.75, 3.05) is 14.1 Å². The van der Waals surface area contributed by atoms with Crippen molar-refractivity contribution >= 4 is 11.8 Å². The standard InChI is InChI=1S/C22H24N4O3/c1-15-4-8-17(9-5-15)21-25-24-20(29-21)13-12-19(27)23-14-16-6-10-18(11-7-16)22(28)26(2)3/h4-11H,12-14H2,1-3H3,(H,23,27). The lowest BCUT2D eigenvalue weighted by molar-refractivity contribution is -0.121. The third-order valence-corrected chi connectivity index (χ3v) is 4.43. The fourth-order valence-corrected chi connectivity index (χ4v) is 2.70. The molecular formula is C22H24N4O3. The molecule has 1 heterocycles. The third-order valence-electron chi connectivity index (χ3n) is 4.43. The topological polar surface area (TPSA) is 88.3 Å². The molecule has 0 saturated heterocycles. The number of benzene rings is 2. The van der Waals surface area contributed by atoms with E-state index >= 15 is 0 Å². The van der Waals surface area contributed by atoms with Crippen LogP contribution in [0.15, 0.2) is 52.9 Å². The molecule has 0 bridgehead atoms. The van der Waals surface area contributed by atoms with Gasteiger partial charge in [-0.05, 0) is 36.8 Å². The minimum Gasteiger partial charge on any atom is -0.421 e. The zero-order valence-electron chi connectivity index (χ0n) is 16.8. The van der Waals surface area contributed by atoms with Gasteiger partial charge in [0.2, 0.25) is 17.7 Å². The molecule has 0 atom stereocenters. The van der Waals surface area contributed by atoms with E-state index in [2.05, 4.69) is 15.5 Å². The van der Waals surface area contributed by atoms with Gasteiger partial charge in [0.05, 0.1) is 0 Å². The Morgan fingerprint density at radius 3 is 2.34 bits per heavy atom. The predicted octanol–water partition coefficient (Wildman–Crippen LogP) is 3.00. The van der Waals surface area contributed by atoms with E-state index < -0.39 is 0 Å². The second-order valence-electron chi connectivity index (χ2n) is 7.04. The van der Waals surface area contributed by atoms with Crippen molar-refractivity contribution in [1.29, 1.82) is 0 Å². The molecule has 3 rings (SSSR count). The summed E-state index contributed by atoms with van der Waals surface area (Å²) in [7, 11) is 3.42. The van der Waals surface area contributed by atoms with E-state index in [1.807, 2.05) is 43.3 Å². The molecule has 2 amide bonds. The first-order valence-electron chi connectivity index (χ1n) is 9.39. The maximum atomic E-state index is 12.1. The van der Waals surface area contributed by atoms with E-state index in [9.17, 15) is 9.59 Å². The van der Waals surface area contributed by atoms with Gasteiger partial charge >= 0.3 is 0 Å². The van der Waals surface area contributed by atoms with Gasteiger partial charge in [-0.3, -0.25) is 9.59 Å². The van der Waals surface area contributed by atoms with Crippen LogP contribution in [-0.4, -0.2) is 41.0 Å². The summed E-state index contributed by atoms with van der Waals surface area (Å²) in [6, 6.07) is 15.0. The van der Waals surface area contributed by atoms with Crippen molar-refractivity contribution in [3.05, 3.63) is 71.1 Å². The molecule has 0 aliphatic rings. The fourth-order valence-electron chi connectivity index (χ4n) is 2.70. The summed E-state index contributed by atoms with van der Waals surface area (Å²) in [6.45, 7) is 2.41. The summed E-state index contributed by atoms with van der Waals surface area (Å²) in [4.78, 5) is 25.5. The summed E-state index contributed by atoms with van der Waals surface area (Å²) in [6.07, 6.45) is 0.633. The van der Waals surface area contributed by atoms with E-state index in [1.54, 1.807) is 26.2 Å². The lowest BCUT2D eigenvalue weighted by atomic mass is 10.1. The highest BCUT2D eigenvalue weighted by molar-refractivity contribution is 5.93. The molecule has 2 aromatic carbocycles. The van der Waals surface area contributed by atoms with Gasteiger partial charge in [-0.25, -0.2) is 0 Å². The molecule has 0 aliphatic heterocycles. The average Bonchev–Trinajstić information content (AvgIpc) is 3.20. The zero-order valence-corrected chi connectivity index (χ0v) is 16.8. The predicted molar refractivity (Wildman–Crippen MR) is 109 cm³/mol. The Balaban J connectivity index is 1.47. The van der Waals surface area contributed by atoms with Crippen molar-refractivity contribution < 1.29 is 14.0 Å². The third kappa shape index (κ3) is 5.51. The molecule has 0 aliphatic carbocycles. The van der Waals surface area contributed by atoms with Crippen LogP contribution in [0.1, 0.15) is 33.8 Å². The molecule has 0 unspecified atom stereocenters. The quantitative estimate of drug-likeness (QED) is 0.668. The van der Waals surface area contributed by atoms with Crippen molar-refractivity contribution in [2.45, 2.75) is 26.3 Å². The zero-order chi connectivity index (χ0) is 20.8. The van der Waals surface area contributed by atoms with Crippen molar-refractivity contribution in [3.8, 4) is 11.5 Å². The van der Waals surface area contributed by atoms with E-state index in [-0.39, 0.29) is 18.2 Å². The number of aromatic nitrogens is 2. The Morgan fingerprint density at radius 1 is 1.00 bits per heavy atom. The largest absolute Gasteiger partial charge is 0.421 e. The summed E-state index contributed by atoms with van der Waals surface area (Å²) < 4.78 is 5.64. The number of carbonyl (C=O) groups is 2. The van der Waals surface area contributed by atoms with Crippen LogP contribution in [0.4, 0.5) is 0 Å². The fraction of sp³-hybridized carbons (Fsp3) is 0.273. The first kappa shape index (κ1) is 20.3. The molecule has 0 fully saturated rings. The second-order valence-corrected chi connectivity index (χ2v) is 7.04. The SMILES string of the molecule is Cc1ccc(-c2nnc(CCC(=O)NCc3ccc(C(=O)N(C)C)cc3)o2)cc1. The van der Waals surface area contributed by atoms with Crippen molar-refractivity contribution in [3.63, 3.8) is 0 Å². The summed E-state index contributed by atoms with van der Waals surface area (Å²) in [5.41, 5.74) is 3.55. The molecule has 29 heavy (non-hydrogen) atoms. The summed E-state index contributed by atoms with van der Waals surface area (Å²) in [5, 5.41) is 10.9. The van der Waals surface area contributed by atoms with Crippen LogP contribution in [0.25, 0.3) is 11.5 Å². The van der Waals surface area contributed by atoms with Crippen molar-refractivity contribution in [1.82, 2.24) is 20.4 Å². The van der Waals surface area contributed by atoms with Gasteiger partial charge in [-0.15, -0.1) is 10.2 Å². The number of hydrogen-bond acceptors (Lipinski definition) is 5. The lowest BCUT2D eigenvalue weighted by Gasteiger charge is -2.10. The number of carbonyl (C=O) groups excluding carboxylic acids is 2. The van der Waals surface area contributed by atoms with Gasteiger partial charge in [0.25, 0.3) is 5.91 Å². The second kappa shape index (κ2) is 9.14. The first-order chi connectivity index (χ1) is 13.9. The molecule has 1 aromatic heterocycles. The maximum absolute atomic E-state index is 12.1. The first-order valence-corrected chi connectivity index (χ1v) is 9.39. The minimum absolute atomic E-state index is 0.0508. The van der Waals surface area contributed by atoms with Crippen LogP contribution >= 0.6 is 0 Å². The smallest absolute Gasteiger partial charge is 0.253 e. The number of nitrogens with zero attached hydrogens (tertiary/aromatic N) is 3. The van der Waals surface area contributed by atoms with Gasteiger partial charge < -0.3 is 14.6 Å². The van der Waals surface area contributed by atoms with E-state index in [4.69, 9.17) is 4.42 Å². The average molecular weight is 392 g/mol. The Hall–Kier alpha value is -3.48. The molecule has 0 radical (unpaired) electrons. The highest BCUT2D eigenvalue weighted by atomic mass is 16.4. The van der Waals surface area contributed by atoms with Crippen LogP contribution in [0.3, 0.4) is 0 Å². The molecular weight excluding hydrogens is 368 g/mol. The monoisotopic (exact) mass is 392 g/mol. The maximum Gasteiger partial charge on any atom is 0.253 e. The summed E-state index contributed by atoms with van der Waals surface area (Å²) in [5.74, 6) is 0.730. The highest BCUT2D eigenvalue weighted by Crippen LogP contribution is 2.18. The molecule has 0 saturated carbocycles. The van der Waals surface area contributed by atoms with Gasteiger partial charge in [-0.2, -0.15) is 0 Å².